The molecule has 0 atom stereocenters. The number of nitrogens with zero attached hydrogens (tertiary/aromatic N) is 2. The second kappa shape index (κ2) is 9.68. The maximum Gasteiger partial charge on any atom is 0.224 e. The Bertz CT molecular complexity index is 827. The molecule has 0 spiro atoms. The molecule has 0 aliphatic carbocycles. The zero-order valence-corrected chi connectivity index (χ0v) is 18.1. The Balaban J connectivity index is 1.48. The molecule has 0 aromatic heterocycles. The summed E-state index contributed by atoms with van der Waals surface area (Å²) in [5.74, 6) is 1.04. The van der Waals surface area contributed by atoms with Gasteiger partial charge in [-0.3, -0.25) is 4.79 Å². The van der Waals surface area contributed by atoms with E-state index in [2.05, 4.69) is 42.3 Å². The van der Waals surface area contributed by atoms with E-state index < -0.39 is 0 Å². The SMILES string of the molecule is Cc1cccc(N2CCN(C(=O)CCNc3ccccc3OC(C)C)CC2)c1C. The van der Waals surface area contributed by atoms with Gasteiger partial charge in [-0.25, -0.2) is 0 Å². The lowest BCUT2D eigenvalue weighted by molar-refractivity contribution is -0.131. The molecule has 1 fully saturated rings. The van der Waals surface area contributed by atoms with Crippen LogP contribution in [0.1, 0.15) is 31.4 Å². The van der Waals surface area contributed by atoms with Crippen LogP contribution in [-0.4, -0.2) is 49.6 Å². The molecule has 29 heavy (non-hydrogen) atoms. The van der Waals surface area contributed by atoms with Gasteiger partial charge in [-0.2, -0.15) is 0 Å². The molecule has 5 heteroatoms. The highest BCUT2D eigenvalue weighted by Crippen LogP contribution is 2.25. The lowest BCUT2D eigenvalue weighted by atomic mass is 10.1. The van der Waals surface area contributed by atoms with Crippen molar-refractivity contribution in [2.24, 2.45) is 0 Å². The Kier molecular flexibility index (Phi) is 7.02. The Morgan fingerprint density at radius 3 is 2.48 bits per heavy atom. The molecule has 3 rings (SSSR count). The van der Waals surface area contributed by atoms with Gasteiger partial charge >= 0.3 is 0 Å². The predicted octanol–water partition coefficient (Wildman–Crippen LogP) is 4.24. The summed E-state index contributed by atoms with van der Waals surface area (Å²) >= 11 is 0. The summed E-state index contributed by atoms with van der Waals surface area (Å²) in [6, 6.07) is 14.3. The minimum absolute atomic E-state index is 0.118. The fourth-order valence-electron chi connectivity index (χ4n) is 3.71. The van der Waals surface area contributed by atoms with Crippen LogP contribution in [0, 0.1) is 13.8 Å². The molecule has 1 heterocycles. The Morgan fingerprint density at radius 2 is 1.76 bits per heavy atom. The molecule has 5 nitrogen and oxygen atoms in total. The van der Waals surface area contributed by atoms with E-state index in [0.717, 1.165) is 37.6 Å². The van der Waals surface area contributed by atoms with Crippen LogP contribution in [0.4, 0.5) is 11.4 Å². The van der Waals surface area contributed by atoms with Gasteiger partial charge in [0.05, 0.1) is 11.8 Å². The summed E-state index contributed by atoms with van der Waals surface area (Å²) in [4.78, 5) is 17.0. The number of piperazine rings is 1. The van der Waals surface area contributed by atoms with Gasteiger partial charge in [0.2, 0.25) is 5.91 Å². The van der Waals surface area contributed by atoms with Crippen molar-refractivity contribution < 1.29 is 9.53 Å². The minimum atomic E-state index is 0.118. The smallest absolute Gasteiger partial charge is 0.224 e. The van der Waals surface area contributed by atoms with E-state index in [1.807, 2.05) is 43.0 Å². The molecule has 1 aliphatic rings. The summed E-state index contributed by atoms with van der Waals surface area (Å²) in [7, 11) is 0. The number of aryl methyl sites for hydroxylation is 1. The number of amides is 1. The van der Waals surface area contributed by atoms with Crippen molar-refractivity contribution in [1.82, 2.24) is 4.90 Å². The van der Waals surface area contributed by atoms with Gasteiger partial charge in [-0.15, -0.1) is 0 Å². The molecule has 1 N–H and O–H groups in total. The van der Waals surface area contributed by atoms with Crippen molar-refractivity contribution in [2.45, 2.75) is 40.2 Å². The van der Waals surface area contributed by atoms with Gasteiger partial charge in [0.25, 0.3) is 0 Å². The van der Waals surface area contributed by atoms with Crippen LogP contribution in [0.15, 0.2) is 42.5 Å². The van der Waals surface area contributed by atoms with Crippen molar-refractivity contribution in [3.63, 3.8) is 0 Å². The number of para-hydroxylation sites is 2. The molecule has 1 saturated heterocycles. The molecule has 0 unspecified atom stereocenters. The second-order valence-corrected chi connectivity index (χ2v) is 7.93. The first-order valence-electron chi connectivity index (χ1n) is 10.5. The monoisotopic (exact) mass is 395 g/mol. The molecule has 0 saturated carbocycles. The molecular formula is C24H33N3O2. The zero-order chi connectivity index (χ0) is 20.8. The maximum absolute atomic E-state index is 12.7. The van der Waals surface area contributed by atoms with Crippen LogP contribution < -0.4 is 15.0 Å². The number of anilines is 2. The fraction of sp³-hybridized carbons (Fsp3) is 0.458. The molecule has 0 radical (unpaired) electrons. The van der Waals surface area contributed by atoms with Gasteiger partial charge in [-0.05, 0) is 57.0 Å². The van der Waals surface area contributed by atoms with Crippen LogP contribution in [0.2, 0.25) is 0 Å². The quantitative estimate of drug-likeness (QED) is 0.762. The minimum Gasteiger partial charge on any atom is -0.489 e. The lowest BCUT2D eigenvalue weighted by Crippen LogP contribution is -2.49. The number of nitrogens with one attached hydrogen (secondary N) is 1. The molecule has 2 aromatic rings. The van der Waals surface area contributed by atoms with E-state index in [1.54, 1.807) is 0 Å². The number of benzene rings is 2. The molecule has 1 aliphatic heterocycles. The van der Waals surface area contributed by atoms with Gasteiger partial charge in [-0.1, -0.05) is 24.3 Å². The molecule has 0 bridgehead atoms. The van der Waals surface area contributed by atoms with E-state index in [9.17, 15) is 4.79 Å². The third kappa shape index (κ3) is 5.43. The predicted molar refractivity (Wildman–Crippen MR) is 120 cm³/mol. The van der Waals surface area contributed by atoms with Crippen LogP contribution >= 0.6 is 0 Å². The van der Waals surface area contributed by atoms with E-state index in [0.29, 0.717) is 13.0 Å². The highest BCUT2D eigenvalue weighted by atomic mass is 16.5. The average Bonchev–Trinajstić information content (AvgIpc) is 2.71. The fourth-order valence-corrected chi connectivity index (χ4v) is 3.71. The van der Waals surface area contributed by atoms with Crippen molar-refractivity contribution in [3.05, 3.63) is 53.6 Å². The summed E-state index contributed by atoms with van der Waals surface area (Å²) in [5, 5.41) is 3.35. The highest BCUT2D eigenvalue weighted by molar-refractivity contribution is 5.77. The number of carbonyl (C=O) groups excluding carboxylic acids is 1. The first kappa shape index (κ1) is 21.0. The van der Waals surface area contributed by atoms with Crippen LogP contribution in [0.3, 0.4) is 0 Å². The van der Waals surface area contributed by atoms with Crippen LogP contribution in [0.25, 0.3) is 0 Å². The molecule has 2 aromatic carbocycles. The maximum atomic E-state index is 12.7. The Morgan fingerprint density at radius 1 is 1.03 bits per heavy atom. The van der Waals surface area contributed by atoms with E-state index in [4.69, 9.17) is 4.74 Å². The van der Waals surface area contributed by atoms with E-state index >= 15 is 0 Å². The van der Waals surface area contributed by atoms with Crippen LogP contribution in [-0.2, 0) is 4.79 Å². The third-order valence-electron chi connectivity index (χ3n) is 5.45. The number of hydrogen-bond donors (Lipinski definition) is 1. The van der Waals surface area contributed by atoms with Crippen LogP contribution in [0.5, 0.6) is 5.75 Å². The van der Waals surface area contributed by atoms with Crippen molar-refractivity contribution in [1.29, 1.82) is 0 Å². The average molecular weight is 396 g/mol. The molecule has 1 amide bonds. The van der Waals surface area contributed by atoms with E-state index in [1.165, 1.54) is 16.8 Å². The van der Waals surface area contributed by atoms with Gasteiger partial charge in [0.15, 0.2) is 0 Å². The van der Waals surface area contributed by atoms with Crippen molar-refractivity contribution in [3.8, 4) is 5.75 Å². The topological polar surface area (TPSA) is 44.8 Å². The molecule has 156 valence electrons. The van der Waals surface area contributed by atoms with Crippen molar-refractivity contribution >= 4 is 17.3 Å². The second-order valence-electron chi connectivity index (χ2n) is 7.93. The first-order valence-corrected chi connectivity index (χ1v) is 10.5. The third-order valence-corrected chi connectivity index (χ3v) is 5.45. The summed E-state index contributed by atoms with van der Waals surface area (Å²) in [6.45, 7) is 12.3. The van der Waals surface area contributed by atoms with Gasteiger partial charge in [0, 0.05) is 44.8 Å². The van der Waals surface area contributed by atoms with E-state index in [-0.39, 0.29) is 12.0 Å². The normalized spacial score (nSPS) is 14.2. The summed E-state index contributed by atoms with van der Waals surface area (Å²) in [5.41, 5.74) is 4.88. The highest BCUT2D eigenvalue weighted by Gasteiger charge is 2.22. The number of rotatable bonds is 7. The zero-order valence-electron chi connectivity index (χ0n) is 18.1. The standard InChI is InChI=1S/C24H33N3O2/c1-18(2)29-23-11-6-5-9-21(23)25-13-12-24(28)27-16-14-26(15-17-27)22-10-7-8-19(3)20(22)4/h5-11,18,25H,12-17H2,1-4H3. The number of hydrogen-bond acceptors (Lipinski definition) is 4. The molecular weight excluding hydrogens is 362 g/mol. The summed E-state index contributed by atoms with van der Waals surface area (Å²) < 4.78 is 5.83. The van der Waals surface area contributed by atoms with Gasteiger partial charge < -0.3 is 19.9 Å². The number of carbonyl (C=O) groups is 1. The summed E-state index contributed by atoms with van der Waals surface area (Å²) in [6.07, 6.45) is 0.604. The Labute approximate surface area is 174 Å². The largest absolute Gasteiger partial charge is 0.489 e. The Hall–Kier alpha value is -2.69. The van der Waals surface area contributed by atoms with Crippen molar-refractivity contribution in [2.75, 3.05) is 42.9 Å². The lowest BCUT2D eigenvalue weighted by Gasteiger charge is -2.37. The first-order chi connectivity index (χ1) is 14.0. The number of ether oxygens (including phenoxy) is 1. The van der Waals surface area contributed by atoms with Gasteiger partial charge in [0.1, 0.15) is 5.75 Å².